The Bertz CT molecular complexity index is 478. The van der Waals surface area contributed by atoms with Crippen LogP contribution < -0.4 is 10.6 Å². The molecule has 1 aromatic rings. The highest BCUT2D eigenvalue weighted by molar-refractivity contribution is 5.83. The summed E-state index contributed by atoms with van der Waals surface area (Å²) in [7, 11) is 0. The first-order chi connectivity index (χ1) is 10.1. The quantitative estimate of drug-likeness (QED) is 0.875. The van der Waals surface area contributed by atoms with Crippen LogP contribution in [0.25, 0.3) is 0 Å². The monoisotopic (exact) mass is 292 g/mol. The summed E-state index contributed by atoms with van der Waals surface area (Å²) >= 11 is 0. The Morgan fingerprint density at radius 2 is 2.33 bits per heavy atom. The lowest BCUT2D eigenvalue weighted by Crippen LogP contribution is -2.50. The van der Waals surface area contributed by atoms with Crippen molar-refractivity contribution in [2.75, 3.05) is 13.1 Å². The smallest absolute Gasteiger partial charge is 0.227 e. The molecule has 0 aliphatic carbocycles. The van der Waals surface area contributed by atoms with Gasteiger partial charge in [0.2, 0.25) is 5.91 Å². The molecule has 1 aliphatic heterocycles. The Labute approximate surface area is 126 Å². The van der Waals surface area contributed by atoms with Crippen molar-refractivity contribution in [1.82, 2.24) is 10.6 Å². The van der Waals surface area contributed by atoms with Gasteiger partial charge in [-0.15, -0.1) is 0 Å². The highest BCUT2D eigenvalue weighted by atomic mass is 19.1. The van der Waals surface area contributed by atoms with Gasteiger partial charge in [-0.1, -0.05) is 25.5 Å². The Kier molecular flexibility index (Phi) is 5.34. The lowest BCUT2D eigenvalue weighted by molar-refractivity contribution is -0.133. The zero-order chi connectivity index (χ0) is 15.3. The topological polar surface area (TPSA) is 41.1 Å². The number of rotatable bonds is 5. The molecule has 3 nitrogen and oxygen atoms in total. The van der Waals surface area contributed by atoms with E-state index in [0.29, 0.717) is 0 Å². The van der Waals surface area contributed by atoms with Crippen LogP contribution in [0.2, 0.25) is 0 Å². The molecular weight excluding hydrogens is 267 g/mol. The number of piperidine rings is 1. The molecule has 2 atom stereocenters. The summed E-state index contributed by atoms with van der Waals surface area (Å²) in [6.07, 6.45) is 3.84. The van der Waals surface area contributed by atoms with Crippen molar-refractivity contribution in [2.45, 2.75) is 45.6 Å². The normalized spacial score (nSPS) is 23.6. The van der Waals surface area contributed by atoms with Gasteiger partial charge in [-0.05, 0) is 50.4 Å². The van der Waals surface area contributed by atoms with Gasteiger partial charge >= 0.3 is 0 Å². The van der Waals surface area contributed by atoms with Crippen LogP contribution in [0.1, 0.15) is 51.1 Å². The standard InChI is InChI=1S/C17H25FN2O/c1-3-8-17(9-5-10-19-12-17)16(21)20-13(2)14-6-4-7-15(18)11-14/h4,6-7,11,13,19H,3,5,8-10,12H2,1-2H3,(H,20,21). The van der Waals surface area contributed by atoms with E-state index in [4.69, 9.17) is 0 Å². The van der Waals surface area contributed by atoms with Crippen molar-refractivity contribution < 1.29 is 9.18 Å². The van der Waals surface area contributed by atoms with E-state index in [-0.39, 0.29) is 23.2 Å². The first-order valence-corrected chi connectivity index (χ1v) is 7.84. The van der Waals surface area contributed by atoms with E-state index in [1.54, 1.807) is 6.07 Å². The number of hydrogen-bond donors (Lipinski definition) is 2. The van der Waals surface area contributed by atoms with Gasteiger partial charge in [0.1, 0.15) is 5.82 Å². The number of halogens is 1. The molecule has 0 spiro atoms. The second kappa shape index (κ2) is 7.03. The van der Waals surface area contributed by atoms with Crippen molar-refractivity contribution in [3.05, 3.63) is 35.6 Å². The van der Waals surface area contributed by atoms with Crippen LogP contribution in [0, 0.1) is 11.2 Å². The molecule has 2 N–H and O–H groups in total. The van der Waals surface area contributed by atoms with Gasteiger partial charge in [-0.25, -0.2) is 4.39 Å². The average molecular weight is 292 g/mol. The van der Waals surface area contributed by atoms with E-state index in [0.717, 1.165) is 44.3 Å². The minimum absolute atomic E-state index is 0.0910. The Hall–Kier alpha value is -1.42. The summed E-state index contributed by atoms with van der Waals surface area (Å²) in [5, 5.41) is 6.42. The third-order valence-corrected chi connectivity index (χ3v) is 4.38. The highest BCUT2D eigenvalue weighted by Crippen LogP contribution is 2.32. The molecular formula is C17H25FN2O. The van der Waals surface area contributed by atoms with Gasteiger partial charge in [-0.2, -0.15) is 0 Å². The van der Waals surface area contributed by atoms with E-state index in [9.17, 15) is 9.18 Å². The van der Waals surface area contributed by atoms with E-state index < -0.39 is 0 Å². The molecule has 2 rings (SSSR count). The van der Waals surface area contributed by atoms with Gasteiger partial charge in [-0.3, -0.25) is 4.79 Å². The zero-order valence-electron chi connectivity index (χ0n) is 12.9. The molecule has 116 valence electrons. The number of nitrogens with one attached hydrogen (secondary N) is 2. The molecule has 21 heavy (non-hydrogen) atoms. The summed E-state index contributed by atoms with van der Waals surface area (Å²) in [6.45, 7) is 5.74. The van der Waals surface area contributed by atoms with Crippen molar-refractivity contribution in [1.29, 1.82) is 0 Å². The second-order valence-corrected chi connectivity index (χ2v) is 6.06. The molecule has 0 aromatic heterocycles. The number of carbonyl (C=O) groups excluding carboxylic acids is 1. The van der Waals surface area contributed by atoms with Gasteiger partial charge < -0.3 is 10.6 Å². The van der Waals surface area contributed by atoms with Crippen LogP contribution in [0.5, 0.6) is 0 Å². The van der Waals surface area contributed by atoms with Crippen LogP contribution in [-0.2, 0) is 4.79 Å². The van der Waals surface area contributed by atoms with Crippen molar-refractivity contribution in [3.63, 3.8) is 0 Å². The van der Waals surface area contributed by atoms with Crippen molar-refractivity contribution in [2.24, 2.45) is 5.41 Å². The molecule has 2 unspecified atom stereocenters. The lowest BCUT2D eigenvalue weighted by atomic mass is 9.76. The fraction of sp³-hybridized carbons (Fsp3) is 0.588. The molecule has 1 aliphatic rings. The summed E-state index contributed by atoms with van der Waals surface area (Å²) < 4.78 is 13.3. The third kappa shape index (κ3) is 3.82. The summed E-state index contributed by atoms with van der Waals surface area (Å²) in [5.74, 6) is -0.176. The lowest BCUT2D eigenvalue weighted by Gasteiger charge is -2.37. The predicted octanol–water partition coefficient (Wildman–Crippen LogP) is 3.17. The molecule has 0 bridgehead atoms. The zero-order valence-corrected chi connectivity index (χ0v) is 12.9. The summed E-state index contributed by atoms with van der Waals surface area (Å²) in [4.78, 5) is 12.7. The number of benzene rings is 1. The number of carbonyl (C=O) groups is 1. The average Bonchev–Trinajstić information content (AvgIpc) is 2.48. The third-order valence-electron chi connectivity index (χ3n) is 4.38. The molecule has 1 saturated heterocycles. The van der Waals surface area contributed by atoms with Crippen molar-refractivity contribution in [3.8, 4) is 0 Å². The summed E-state index contributed by atoms with van der Waals surface area (Å²) in [6, 6.07) is 6.25. The van der Waals surface area contributed by atoms with Crippen LogP contribution in [0.15, 0.2) is 24.3 Å². The van der Waals surface area contributed by atoms with Crippen molar-refractivity contribution >= 4 is 5.91 Å². The van der Waals surface area contributed by atoms with Gasteiger partial charge in [0.25, 0.3) is 0 Å². The number of amides is 1. The first kappa shape index (κ1) is 16.0. The first-order valence-electron chi connectivity index (χ1n) is 7.84. The van der Waals surface area contributed by atoms with Gasteiger partial charge in [0.05, 0.1) is 11.5 Å². The number of hydrogen-bond acceptors (Lipinski definition) is 2. The van der Waals surface area contributed by atoms with Crippen LogP contribution in [0.3, 0.4) is 0 Å². The van der Waals surface area contributed by atoms with Gasteiger partial charge in [0, 0.05) is 6.54 Å². The highest BCUT2D eigenvalue weighted by Gasteiger charge is 2.39. The Morgan fingerprint density at radius 1 is 1.52 bits per heavy atom. The van der Waals surface area contributed by atoms with E-state index in [1.165, 1.54) is 12.1 Å². The van der Waals surface area contributed by atoms with Crippen LogP contribution in [-0.4, -0.2) is 19.0 Å². The van der Waals surface area contributed by atoms with Crippen LogP contribution in [0.4, 0.5) is 4.39 Å². The maximum absolute atomic E-state index is 13.3. The maximum Gasteiger partial charge on any atom is 0.227 e. The molecule has 0 saturated carbocycles. The fourth-order valence-corrected chi connectivity index (χ4v) is 3.18. The SMILES string of the molecule is CCCC1(C(=O)NC(C)c2cccc(F)c2)CCCNC1. The van der Waals surface area contributed by atoms with E-state index in [1.807, 2.05) is 13.0 Å². The maximum atomic E-state index is 13.3. The van der Waals surface area contributed by atoms with E-state index in [2.05, 4.69) is 17.6 Å². The minimum atomic E-state index is -0.311. The fourth-order valence-electron chi connectivity index (χ4n) is 3.18. The largest absolute Gasteiger partial charge is 0.349 e. The minimum Gasteiger partial charge on any atom is -0.349 e. The second-order valence-electron chi connectivity index (χ2n) is 6.06. The Morgan fingerprint density at radius 3 is 2.95 bits per heavy atom. The molecule has 0 radical (unpaired) electrons. The molecule has 1 aromatic carbocycles. The van der Waals surface area contributed by atoms with Crippen LogP contribution >= 0.6 is 0 Å². The molecule has 4 heteroatoms. The van der Waals surface area contributed by atoms with Gasteiger partial charge in [0.15, 0.2) is 0 Å². The Balaban J connectivity index is 2.07. The summed E-state index contributed by atoms with van der Waals surface area (Å²) in [5.41, 5.74) is 0.493. The molecule has 1 fully saturated rings. The molecule has 1 heterocycles. The predicted molar refractivity (Wildman–Crippen MR) is 82.4 cm³/mol. The van der Waals surface area contributed by atoms with E-state index >= 15 is 0 Å². The molecule has 1 amide bonds.